The summed E-state index contributed by atoms with van der Waals surface area (Å²) < 4.78 is 0. The zero-order chi connectivity index (χ0) is 12.7. The number of nitrogens with one attached hydrogen (secondary N) is 1. The quantitative estimate of drug-likeness (QED) is 0.728. The van der Waals surface area contributed by atoms with E-state index >= 15 is 0 Å². The standard InChI is InChI=1S/C13H27N3O/c1-11(9-14)8-13(17)15-12(2)10-16-6-4-3-5-7-16/h11-12H,3-10,14H2,1-2H3,(H,15,17). The van der Waals surface area contributed by atoms with Crippen LogP contribution >= 0.6 is 0 Å². The molecule has 1 fully saturated rings. The Morgan fingerprint density at radius 2 is 1.94 bits per heavy atom. The zero-order valence-electron chi connectivity index (χ0n) is 11.2. The van der Waals surface area contributed by atoms with Crippen LogP contribution in [-0.4, -0.2) is 43.0 Å². The highest BCUT2D eigenvalue weighted by Gasteiger charge is 2.15. The van der Waals surface area contributed by atoms with Gasteiger partial charge in [-0.3, -0.25) is 4.79 Å². The number of likely N-dealkylation sites (tertiary alicyclic amines) is 1. The van der Waals surface area contributed by atoms with Gasteiger partial charge >= 0.3 is 0 Å². The average Bonchev–Trinajstić information content (AvgIpc) is 2.29. The van der Waals surface area contributed by atoms with E-state index in [4.69, 9.17) is 5.73 Å². The van der Waals surface area contributed by atoms with Crippen molar-refractivity contribution >= 4 is 5.91 Å². The third-order valence-electron chi connectivity index (χ3n) is 3.32. The number of amides is 1. The highest BCUT2D eigenvalue weighted by atomic mass is 16.1. The van der Waals surface area contributed by atoms with Gasteiger partial charge in [-0.15, -0.1) is 0 Å². The van der Waals surface area contributed by atoms with Crippen molar-refractivity contribution in [3.63, 3.8) is 0 Å². The number of carbonyl (C=O) groups excluding carboxylic acids is 1. The predicted molar refractivity (Wildman–Crippen MR) is 70.7 cm³/mol. The van der Waals surface area contributed by atoms with E-state index in [-0.39, 0.29) is 17.9 Å². The molecule has 1 saturated heterocycles. The second-order valence-corrected chi connectivity index (χ2v) is 5.37. The van der Waals surface area contributed by atoms with Crippen molar-refractivity contribution in [2.45, 2.75) is 45.6 Å². The lowest BCUT2D eigenvalue weighted by molar-refractivity contribution is -0.122. The topological polar surface area (TPSA) is 58.4 Å². The minimum Gasteiger partial charge on any atom is -0.352 e. The Morgan fingerprint density at radius 1 is 1.29 bits per heavy atom. The normalized spacial score (nSPS) is 20.9. The van der Waals surface area contributed by atoms with Crippen LogP contribution in [0.1, 0.15) is 39.5 Å². The first-order chi connectivity index (χ1) is 8.11. The lowest BCUT2D eigenvalue weighted by atomic mass is 10.1. The molecule has 1 heterocycles. The number of nitrogens with two attached hydrogens (primary N) is 1. The minimum absolute atomic E-state index is 0.132. The Morgan fingerprint density at radius 3 is 2.53 bits per heavy atom. The molecular formula is C13H27N3O. The summed E-state index contributed by atoms with van der Waals surface area (Å²) in [5.74, 6) is 0.407. The van der Waals surface area contributed by atoms with Gasteiger partial charge in [0.15, 0.2) is 0 Å². The van der Waals surface area contributed by atoms with Crippen LogP contribution in [0.4, 0.5) is 0 Å². The van der Waals surface area contributed by atoms with Gasteiger partial charge in [0, 0.05) is 19.0 Å². The van der Waals surface area contributed by atoms with Crippen LogP contribution in [0.25, 0.3) is 0 Å². The molecule has 1 rings (SSSR count). The molecule has 0 aromatic carbocycles. The van der Waals surface area contributed by atoms with Gasteiger partial charge in [0.05, 0.1) is 0 Å². The summed E-state index contributed by atoms with van der Waals surface area (Å²) in [5.41, 5.74) is 5.51. The third kappa shape index (κ3) is 6.03. The van der Waals surface area contributed by atoms with Gasteiger partial charge in [0.2, 0.25) is 5.91 Å². The Kier molecular flexibility index (Phi) is 6.52. The molecule has 2 unspecified atom stereocenters. The molecule has 2 atom stereocenters. The molecule has 0 bridgehead atoms. The second kappa shape index (κ2) is 7.67. The Labute approximate surface area is 105 Å². The van der Waals surface area contributed by atoms with E-state index in [0.717, 1.165) is 6.54 Å². The summed E-state index contributed by atoms with van der Waals surface area (Å²) >= 11 is 0. The van der Waals surface area contributed by atoms with Crippen molar-refractivity contribution in [2.75, 3.05) is 26.2 Å². The van der Waals surface area contributed by atoms with Crippen LogP contribution in [0.2, 0.25) is 0 Å². The maximum Gasteiger partial charge on any atom is 0.220 e. The molecule has 0 aromatic rings. The summed E-state index contributed by atoms with van der Waals surface area (Å²) in [6.07, 6.45) is 4.49. The predicted octanol–water partition coefficient (Wildman–Crippen LogP) is 0.962. The number of carbonyl (C=O) groups is 1. The molecule has 1 aliphatic rings. The number of rotatable bonds is 6. The summed E-state index contributed by atoms with van der Waals surface area (Å²) in [5, 5.41) is 3.06. The van der Waals surface area contributed by atoms with E-state index in [1.165, 1.54) is 32.4 Å². The van der Waals surface area contributed by atoms with Gasteiger partial charge < -0.3 is 16.0 Å². The van der Waals surface area contributed by atoms with Crippen LogP contribution in [0.15, 0.2) is 0 Å². The van der Waals surface area contributed by atoms with E-state index < -0.39 is 0 Å². The van der Waals surface area contributed by atoms with Gasteiger partial charge in [0.1, 0.15) is 0 Å². The van der Waals surface area contributed by atoms with Gasteiger partial charge in [0.25, 0.3) is 0 Å². The van der Waals surface area contributed by atoms with Crippen LogP contribution in [-0.2, 0) is 4.79 Å². The van der Waals surface area contributed by atoms with Gasteiger partial charge in [-0.25, -0.2) is 0 Å². The summed E-state index contributed by atoms with van der Waals surface area (Å²) in [4.78, 5) is 14.1. The lowest BCUT2D eigenvalue weighted by Gasteiger charge is -2.29. The zero-order valence-corrected chi connectivity index (χ0v) is 11.2. The minimum atomic E-state index is 0.132. The molecule has 0 saturated carbocycles. The molecule has 100 valence electrons. The molecule has 0 radical (unpaired) electrons. The van der Waals surface area contributed by atoms with E-state index in [1.54, 1.807) is 0 Å². The van der Waals surface area contributed by atoms with Crippen molar-refractivity contribution in [3.05, 3.63) is 0 Å². The monoisotopic (exact) mass is 241 g/mol. The molecule has 0 aromatic heterocycles. The van der Waals surface area contributed by atoms with Crippen molar-refractivity contribution in [1.29, 1.82) is 0 Å². The summed E-state index contributed by atoms with van der Waals surface area (Å²) in [6, 6.07) is 0.241. The van der Waals surface area contributed by atoms with E-state index in [2.05, 4.69) is 17.1 Å². The maximum absolute atomic E-state index is 11.7. The number of hydrogen-bond acceptors (Lipinski definition) is 3. The molecule has 3 N–H and O–H groups in total. The Bertz CT molecular complexity index is 227. The van der Waals surface area contributed by atoms with E-state index in [0.29, 0.717) is 13.0 Å². The third-order valence-corrected chi connectivity index (χ3v) is 3.32. The fourth-order valence-corrected chi connectivity index (χ4v) is 2.31. The smallest absolute Gasteiger partial charge is 0.220 e. The first-order valence-electron chi connectivity index (χ1n) is 6.83. The van der Waals surface area contributed by atoms with E-state index in [1.807, 2.05) is 6.92 Å². The first kappa shape index (κ1) is 14.5. The van der Waals surface area contributed by atoms with Crippen molar-refractivity contribution < 1.29 is 4.79 Å². The van der Waals surface area contributed by atoms with Crippen LogP contribution in [0, 0.1) is 5.92 Å². The molecule has 4 nitrogen and oxygen atoms in total. The first-order valence-corrected chi connectivity index (χ1v) is 6.83. The van der Waals surface area contributed by atoms with Crippen molar-refractivity contribution in [3.8, 4) is 0 Å². The number of nitrogens with zero attached hydrogens (tertiary/aromatic N) is 1. The maximum atomic E-state index is 11.7. The molecule has 1 amide bonds. The summed E-state index contributed by atoms with van der Waals surface area (Å²) in [6.45, 7) is 8.00. The highest BCUT2D eigenvalue weighted by Crippen LogP contribution is 2.09. The molecular weight excluding hydrogens is 214 g/mol. The SMILES string of the molecule is CC(CN)CC(=O)NC(C)CN1CCCCC1. The fraction of sp³-hybridized carbons (Fsp3) is 0.923. The second-order valence-electron chi connectivity index (χ2n) is 5.37. The van der Waals surface area contributed by atoms with Gasteiger partial charge in [-0.1, -0.05) is 13.3 Å². The van der Waals surface area contributed by atoms with Gasteiger partial charge in [-0.05, 0) is 45.3 Å². The molecule has 4 heteroatoms. The largest absolute Gasteiger partial charge is 0.352 e. The molecule has 1 aliphatic heterocycles. The van der Waals surface area contributed by atoms with Crippen molar-refractivity contribution in [2.24, 2.45) is 11.7 Å². The number of piperidine rings is 1. The number of hydrogen-bond donors (Lipinski definition) is 2. The Hall–Kier alpha value is -0.610. The van der Waals surface area contributed by atoms with Crippen LogP contribution < -0.4 is 11.1 Å². The van der Waals surface area contributed by atoms with E-state index in [9.17, 15) is 4.79 Å². The molecule has 17 heavy (non-hydrogen) atoms. The Balaban J connectivity index is 2.18. The van der Waals surface area contributed by atoms with Gasteiger partial charge in [-0.2, -0.15) is 0 Å². The van der Waals surface area contributed by atoms with Crippen LogP contribution in [0.3, 0.4) is 0 Å². The average molecular weight is 241 g/mol. The molecule has 0 aliphatic carbocycles. The fourth-order valence-electron chi connectivity index (χ4n) is 2.31. The van der Waals surface area contributed by atoms with Crippen molar-refractivity contribution in [1.82, 2.24) is 10.2 Å². The van der Waals surface area contributed by atoms with Crippen LogP contribution in [0.5, 0.6) is 0 Å². The highest BCUT2D eigenvalue weighted by molar-refractivity contribution is 5.76. The summed E-state index contributed by atoms with van der Waals surface area (Å²) in [7, 11) is 0. The lowest BCUT2D eigenvalue weighted by Crippen LogP contribution is -2.44. The molecule has 0 spiro atoms.